The maximum Gasteiger partial charge on any atom is 0.243 e. The summed E-state index contributed by atoms with van der Waals surface area (Å²) in [5.74, 6) is 1.84. The zero-order valence-corrected chi connectivity index (χ0v) is 12.0. The van der Waals surface area contributed by atoms with Crippen molar-refractivity contribution in [3.8, 4) is 17.1 Å². The molecular weight excluding hydrogens is 254 g/mol. The number of benzene rings is 1. The van der Waals surface area contributed by atoms with Crippen LogP contribution in [0.25, 0.3) is 11.4 Å². The van der Waals surface area contributed by atoms with Crippen molar-refractivity contribution in [3.05, 3.63) is 30.2 Å². The Kier molecular flexibility index (Phi) is 5.12. The predicted molar refractivity (Wildman–Crippen MR) is 77.4 cm³/mol. The van der Waals surface area contributed by atoms with E-state index in [-0.39, 0.29) is 6.04 Å². The SMILES string of the molecule is CCCCC(N)c1nc(-c2cccc(OCC)c2)no1. The number of rotatable bonds is 7. The maximum absolute atomic E-state index is 6.03. The van der Waals surface area contributed by atoms with Crippen LogP contribution in [0.5, 0.6) is 5.75 Å². The Morgan fingerprint density at radius 2 is 2.20 bits per heavy atom. The summed E-state index contributed by atoms with van der Waals surface area (Å²) in [6.07, 6.45) is 3.01. The van der Waals surface area contributed by atoms with Crippen molar-refractivity contribution in [1.29, 1.82) is 0 Å². The Labute approximate surface area is 119 Å². The lowest BCUT2D eigenvalue weighted by molar-refractivity contribution is 0.340. The highest BCUT2D eigenvalue weighted by Crippen LogP contribution is 2.23. The molecule has 5 nitrogen and oxygen atoms in total. The molecular formula is C15H21N3O2. The Balaban J connectivity index is 2.13. The summed E-state index contributed by atoms with van der Waals surface area (Å²) in [4.78, 5) is 4.38. The molecule has 0 spiro atoms. The second kappa shape index (κ2) is 7.05. The normalized spacial score (nSPS) is 12.3. The number of ether oxygens (including phenoxy) is 1. The van der Waals surface area contributed by atoms with E-state index in [1.807, 2.05) is 31.2 Å². The molecule has 0 aliphatic rings. The van der Waals surface area contributed by atoms with Crippen molar-refractivity contribution in [2.45, 2.75) is 39.2 Å². The average Bonchev–Trinajstić information content (AvgIpc) is 2.95. The Morgan fingerprint density at radius 3 is 2.95 bits per heavy atom. The Bertz CT molecular complexity index is 539. The molecule has 1 aromatic carbocycles. The van der Waals surface area contributed by atoms with E-state index in [1.165, 1.54) is 0 Å². The lowest BCUT2D eigenvalue weighted by Gasteiger charge is -2.04. The van der Waals surface area contributed by atoms with Gasteiger partial charge < -0.3 is 15.0 Å². The van der Waals surface area contributed by atoms with E-state index in [0.717, 1.165) is 30.6 Å². The van der Waals surface area contributed by atoms with Gasteiger partial charge in [-0.25, -0.2) is 0 Å². The summed E-state index contributed by atoms with van der Waals surface area (Å²) in [6.45, 7) is 4.71. The summed E-state index contributed by atoms with van der Waals surface area (Å²) in [5, 5.41) is 4.00. The number of nitrogens with zero attached hydrogens (tertiary/aromatic N) is 2. The first kappa shape index (κ1) is 14.5. The molecule has 108 valence electrons. The van der Waals surface area contributed by atoms with Crippen LogP contribution in [0.3, 0.4) is 0 Å². The lowest BCUT2D eigenvalue weighted by Crippen LogP contribution is -2.10. The topological polar surface area (TPSA) is 74.2 Å². The van der Waals surface area contributed by atoms with Crippen LogP contribution in [0.15, 0.2) is 28.8 Å². The molecule has 0 aliphatic heterocycles. The monoisotopic (exact) mass is 275 g/mol. The molecule has 1 unspecified atom stereocenters. The van der Waals surface area contributed by atoms with Gasteiger partial charge in [-0.15, -0.1) is 0 Å². The van der Waals surface area contributed by atoms with Gasteiger partial charge in [0.05, 0.1) is 12.6 Å². The van der Waals surface area contributed by atoms with Crippen LogP contribution in [-0.4, -0.2) is 16.7 Å². The number of unbranched alkanes of at least 4 members (excludes halogenated alkanes) is 1. The largest absolute Gasteiger partial charge is 0.494 e. The Morgan fingerprint density at radius 1 is 1.35 bits per heavy atom. The quantitative estimate of drug-likeness (QED) is 0.839. The van der Waals surface area contributed by atoms with Gasteiger partial charge in [0.25, 0.3) is 0 Å². The van der Waals surface area contributed by atoms with Crippen molar-refractivity contribution >= 4 is 0 Å². The molecule has 0 aliphatic carbocycles. The zero-order chi connectivity index (χ0) is 14.4. The van der Waals surface area contributed by atoms with Crippen LogP contribution in [0.2, 0.25) is 0 Å². The standard InChI is InChI=1S/C15H21N3O2/c1-3-5-9-13(16)15-17-14(18-20-15)11-7-6-8-12(10-11)19-4-2/h6-8,10,13H,3-5,9,16H2,1-2H3. The van der Waals surface area contributed by atoms with Crippen LogP contribution < -0.4 is 10.5 Å². The number of hydrogen-bond acceptors (Lipinski definition) is 5. The second-order valence-corrected chi connectivity index (χ2v) is 4.67. The van der Waals surface area contributed by atoms with Gasteiger partial charge in [-0.05, 0) is 25.5 Å². The molecule has 0 saturated carbocycles. The molecule has 2 rings (SSSR count). The van der Waals surface area contributed by atoms with Crippen molar-refractivity contribution in [2.24, 2.45) is 5.73 Å². The van der Waals surface area contributed by atoms with Gasteiger partial charge in [0.1, 0.15) is 5.75 Å². The molecule has 2 aromatic rings. The summed E-state index contributed by atoms with van der Waals surface area (Å²) in [6, 6.07) is 7.45. The minimum Gasteiger partial charge on any atom is -0.494 e. The number of nitrogens with two attached hydrogens (primary N) is 1. The van der Waals surface area contributed by atoms with Gasteiger partial charge in [0.2, 0.25) is 11.7 Å². The van der Waals surface area contributed by atoms with Crippen molar-refractivity contribution in [2.75, 3.05) is 6.61 Å². The molecule has 1 aromatic heterocycles. The molecule has 0 amide bonds. The van der Waals surface area contributed by atoms with Crippen LogP contribution in [0, 0.1) is 0 Å². The van der Waals surface area contributed by atoms with E-state index >= 15 is 0 Å². The zero-order valence-electron chi connectivity index (χ0n) is 12.0. The van der Waals surface area contributed by atoms with Crippen molar-refractivity contribution in [1.82, 2.24) is 10.1 Å². The minimum atomic E-state index is -0.189. The molecule has 1 heterocycles. The lowest BCUT2D eigenvalue weighted by atomic mass is 10.1. The van der Waals surface area contributed by atoms with Crippen molar-refractivity contribution in [3.63, 3.8) is 0 Å². The number of hydrogen-bond donors (Lipinski definition) is 1. The van der Waals surface area contributed by atoms with Gasteiger partial charge in [0, 0.05) is 5.56 Å². The highest BCUT2D eigenvalue weighted by atomic mass is 16.5. The van der Waals surface area contributed by atoms with E-state index in [0.29, 0.717) is 18.3 Å². The summed E-state index contributed by atoms with van der Waals surface area (Å²) in [7, 11) is 0. The molecule has 0 fully saturated rings. The van der Waals surface area contributed by atoms with E-state index in [9.17, 15) is 0 Å². The third kappa shape index (κ3) is 3.57. The molecule has 0 saturated heterocycles. The van der Waals surface area contributed by atoms with Crippen LogP contribution >= 0.6 is 0 Å². The fourth-order valence-electron chi connectivity index (χ4n) is 1.94. The highest BCUT2D eigenvalue weighted by Gasteiger charge is 2.15. The molecule has 0 radical (unpaired) electrons. The third-order valence-electron chi connectivity index (χ3n) is 3.03. The highest BCUT2D eigenvalue weighted by molar-refractivity contribution is 5.56. The summed E-state index contributed by atoms with van der Waals surface area (Å²) < 4.78 is 10.7. The first-order valence-electron chi connectivity index (χ1n) is 7.07. The van der Waals surface area contributed by atoms with E-state index in [4.69, 9.17) is 15.0 Å². The van der Waals surface area contributed by atoms with E-state index in [2.05, 4.69) is 17.1 Å². The molecule has 2 N–H and O–H groups in total. The van der Waals surface area contributed by atoms with Crippen LogP contribution in [0.1, 0.15) is 45.0 Å². The molecule has 5 heteroatoms. The maximum atomic E-state index is 6.03. The fraction of sp³-hybridized carbons (Fsp3) is 0.467. The first-order chi connectivity index (χ1) is 9.74. The van der Waals surface area contributed by atoms with Gasteiger partial charge in [-0.1, -0.05) is 37.1 Å². The van der Waals surface area contributed by atoms with Gasteiger partial charge in [-0.2, -0.15) is 4.98 Å². The van der Waals surface area contributed by atoms with Gasteiger partial charge in [-0.3, -0.25) is 0 Å². The summed E-state index contributed by atoms with van der Waals surface area (Å²) >= 11 is 0. The smallest absolute Gasteiger partial charge is 0.243 e. The van der Waals surface area contributed by atoms with E-state index in [1.54, 1.807) is 0 Å². The second-order valence-electron chi connectivity index (χ2n) is 4.67. The van der Waals surface area contributed by atoms with Crippen molar-refractivity contribution < 1.29 is 9.26 Å². The molecule has 0 bridgehead atoms. The Hall–Kier alpha value is -1.88. The minimum absolute atomic E-state index is 0.189. The molecule has 20 heavy (non-hydrogen) atoms. The first-order valence-corrected chi connectivity index (χ1v) is 7.07. The van der Waals surface area contributed by atoms with Crippen LogP contribution in [-0.2, 0) is 0 Å². The van der Waals surface area contributed by atoms with Gasteiger partial charge >= 0.3 is 0 Å². The third-order valence-corrected chi connectivity index (χ3v) is 3.03. The fourth-order valence-corrected chi connectivity index (χ4v) is 1.94. The number of aromatic nitrogens is 2. The van der Waals surface area contributed by atoms with Crippen LogP contribution in [0.4, 0.5) is 0 Å². The predicted octanol–water partition coefficient (Wildman–Crippen LogP) is 3.33. The average molecular weight is 275 g/mol. The van der Waals surface area contributed by atoms with Gasteiger partial charge in [0.15, 0.2) is 0 Å². The van der Waals surface area contributed by atoms with E-state index < -0.39 is 0 Å². The summed E-state index contributed by atoms with van der Waals surface area (Å²) in [5.41, 5.74) is 6.90. The molecule has 1 atom stereocenters.